The van der Waals surface area contributed by atoms with Gasteiger partial charge in [-0.1, -0.05) is 23.5 Å². The van der Waals surface area contributed by atoms with Crippen LogP contribution in [-0.2, 0) is 0 Å². The first kappa shape index (κ1) is 13.3. The summed E-state index contributed by atoms with van der Waals surface area (Å²) in [5, 5.41) is 17.8. The van der Waals surface area contributed by atoms with E-state index in [0.29, 0.717) is 5.01 Å². The zero-order chi connectivity index (χ0) is 13.9. The number of benzene rings is 1. The second kappa shape index (κ2) is 5.77. The summed E-state index contributed by atoms with van der Waals surface area (Å²) in [5.74, 6) is 0.856. The highest BCUT2D eigenvalue weighted by molar-refractivity contribution is 9.10. The van der Waals surface area contributed by atoms with Gasteiger partial charge in [0.2, 0.25) is 10.1 Å². The second-order valence-corrected chi connectivity index (χ2v) is 6.22. The van der Waals surface area contributed by atoms with Crippen molar-refractivity contribution in [3.05, 3.63) is 33.7 Å². The summed E-state index contributed by atoms with van der Waals surface area (Å²) in [4.78, 5) is 2.11. The summed E-state index contributed by atoms with van der Waals surface area (Å²) in [5.41, 5.74) is 0. The first-order chi connectivity index (χ1) is 9.76. The van der Waals surface area contributed by atoms with Crippen LogP contribution in [0.3, 0.4) is 0 Å². The molecule has 1 aromatic carbocycles. The molecule has 1 aliphatic heterocycles. The van der Waals surface area contributed by atoms with Crippen LogP contribution >= 0.6 is 27.3 Å². The van der Waals surface area contributed by atoms with Crippen molar-refractivity contribution in [3.8, 4) is 11.8 Å². The van der Waals surface area contributed by atoms with Crippen molar-refractivity contribution in [3.63, 3.8) is 0 Å². The molecule has 1 aliphatic rings. The highest BCUT2D eigenvalue weighted by Crippen LogP contribution is 2.29. The van der Waals surface area contributed by atoms with E-state index in [1.165, 1.54) is 11.3 Å². The molecule has 20 heavy (non-hydrogen) atoms. The van der Waals surface area contributed by atoms with E-state index < -0.39 is 0 Å². The lowest BCUT2D eigenvalue weighted by molar-refractivity contribution is 0.223. The average Bonchev–Trinajstić information content (AvgIpc) is 3.10. The molecule has 1 saturated heterocycles. The molecular formula is C13H11BrN4OS. The number of hydrogen-bond acceptors (Lipinski definition) is 6. The molecule has 102 valence electrons. The van der Waals surface area contributed by atoms with Crippen molar-refractivity contribution < 1.29 is 4.74 Å². The van der Waals surface area contributed by atoms with E-state index in [1.807, 2.05) is 30.3 Å². The third-order valence-corrected chi connectivity index (χ3v) is 4.60. The minimum absolute atomic E-state index is 0.128. The number of hydrogen-bond donors (Lipinski definition) is 0. The monoisotopic (exact) mass is 350 g/mol. The molecule has 1 fully saturated rings. The Balaban J connectivity index is 1.65. The van der Waals surface area contributed by atoms with Crippen molar-refractivity contribution in [1.82, 2.24) is 10.2 Å². The van der Waals surface area contributed by atoms with Gasteiger partial charge in [-0.2, -0.15) is 5.26 Å². The number of aromatic nitrogens is 2. The Morgan fingerprint density at radius 3 is 3.00 bits per heavy atom. The summed E-state index contributed by atoms with van der Waals surface area (Å²) < 4.78 is 6.95. The molecule has 3 rings (SSSR count). The number of nitrogens with zero attached hydrogens (tertiary/aromatic N) is 4. The third-order valence-electron chi connectivity index (χ3n) is 3.06. The predicted octanol–water partition coefficient (Wildman–Crippen LogP) is 2.83. The van der Waals surface area contributed by atoms with Gasteiger partial charge in [0, 0.05) is 13.0 Å². The van der Waals surface area contributed by atoms with Gasteiger partial charge in [-0.15, -0.1) is 10.2 Å². The molecule has 1 aromatic heterocycles. The van der Waals surface area contributed by atoms with Gasteiger partial charge >= 0.3 is 0 Å². The van der Waals surface area contributed by atoms with E-state index in [4.69, 9.17) is 10.00 Å². The maximum atomic E-state index is 8.78. The SMILES string of the molecule is N#Cc1nnc(N2CC[C@H](Oc3ccccc3Br)C2)s1. The number of rotatable bonds is 3. The van der Waals surface area contributed by atoms with Crippen LogP contribution in [0.1, 0.15) is 11.4 Å². The van der Waals surface area contributed by atoms with Gasteiger partial charge < -0.3 is 9.64 Å². The molecule has 0 saturated carbocycles. The molecule has 0 aliphatic carbocycles. The number of ether oxygens (including phenoxy) is 1. The fourth-order valence-electron chi connectivity index (χ4n) is 2.11. The van der Waals surface area contributed by atoms with Gasteiger partial charge in [0.1, 0.15) is 17.9 Å². The topological polar surface area (TPSA) is 62.0 Å². The zero-order valence-corrected chi connectivity index (χ0v) is 12.9. The second-order valence-electron chi connectivity index (χ2n) is 4.41. The number of nitriles is 1. The van der Waals surface area contributed by atoms with Crippen LogP contribution in [-0.4, -0.2) is 29.4 Å². The zero-order valence-electron chi connectivity index (χ0n) is 10.5. The van der Waals surface area contributed by atoms with Crippen molar-refractivity contribution in [2.45, 2.75) is 12.5 Å². The molecular weight excluding hydrogens is 340 g/mol. The lowest BCUT2D eigenvalue weighted by atomic mass is 10.3. The Labute approximate surface area is 128 Å². The molecule has 2 aromatic rings. The standard InChI is InChI=1S/C13H11BrN4OS/c14-10-3-1-2-4-11(10)19-9-5-6-18(8-9)13-17-16-12(7-15)20-13/h1-4,9H,5-6,8H2/t9-/m0/s1. The maximum absolute atomic E-state index is 8.78. The van der Waals surface area contributed by atoms with E-state index >= 15 is 0 Å². The van der Waals surface area contributed by atoms with Crippen LogP contribution in [0.5, 0.6) is 5.75 Å². The normalized spacial score (nSPS) is 18.0. The number of anilines is 1. The van der Waals surface area contributed by atoms with Crippen LogP contribution in [0, 0.1) is 11.3 Å². The molecule has 0 radical (unpaired) electrons. The summed E-state index contributed by atoms with van der Waals surface area (Å²) in [6.45, 7) is 1.64. The minimum Gasteiger partial charge on any atom is -0.487 e. The van der Waals surface area contributed by atoms with Gasteiger partial charge in [-0.3, -0.25) is 0 Å². The molecule has 1 atom stereocenters. The van der Waals surface area contributed by atoms with Gasteiger partial charge in [0.15, 0.2) is 0 Å². The fourth-order valence-corrected chi connectivity index (χ4v) is 3.16. The van der Waals surface area contributed by atoms with Crippen LogP contribution in [0.15, 0.2) is 28.7 Å². The Bertz CT molecular complexity index is 654. The van der Waals surface area contributed by atoms with Crippen molar-refractivity contribution in [1.29, 1.82) is 5.26 Å². The summed E-state index contributed by atoms with van der Waals surface area (Å²) >= 11 is 4.80. The third kappa shape index (κ3) is 2.76. The van der Waals surface area contributed by atoms with Crippen molar-refractivity contribution >= 4 is 32.4 Å². The lowest BCUT2D eigenvalue weighted by Gasteiger charge is -2.16. The summed E-state index contributed by atoms with van der Waals surface area (Å²) in [6, 6.07) is 9.84. The molecule has 0 amide bonds. The number of halogens is 1. The largest absolute Gasteiger partial charge is 0.487 e. The highest BCUT2D eigenvalue weighted by atomic mass is 79.9. The first-order valence-electron chi connectivity index (χ1n) is 6.16. The molecule has 5 nitrogen and oxygen atoms in total. The molecule has 0 N–H and O–H groups in total. The maximum Gasteiger partial charge on any atom is 0.219 e. The molecule has 2 heterocycles. The molecule has 7 heteroatoms. The molecule has 0 spiro atoms. The Hall–Kier alpha value is -1.65. The number of para-hydroxylation sites is 1. The Kier molecular flexibility index (Phi) is 3.85. The summed E-state index contributed by atoms with van der Waals surface area (Å²) in [6.07, 6.45) is 1.06. The van der Waals surface area contributed by atoms with E-state index in [0.717, 1.165) is 34.9 Å². The van der Waals surface area contributed by atoms with Gasteiger partial charge in [0.05, 0.1) is 11.0 Å². The Morgan fingerprint density at radius 1 is 1.40 bits per heavy atom. The van der Waals surface area contributed by atoms with Gasteiger partial charge in [-0.05, 0) is 28.1 Å². The van der Waals surface area contributed by atoms with Crippen molar-refractivity contribution in [2.75, 3.05) is 18.0 Å². The fraction of sp³-hybridized carbons (Fsp3) is 0.308. The van der Waals surface area contributed by atoms with Crippen LogP contribution < -0.4 is 9.64 Å². The van der Waals surface area contributed by atoms with E-state index in [9.17, 15) is 0 Å². The first-order valence-corrected chi connectivity index (χ1v) is 7.77. The lowest BCUT2D eigenvalue weighted by Crippen LogP contribution is -2.24. The van der Waals surface area contributed by atoms with E-state index in [2.05, 4.69) is 31.0 Å². The summed E-state index contributed by atoms with van der Waals surface area (Å²) in [7, 11) is 0. The predicted molar refractivity (Wildman–Crippen MR) is 80.0 cm³/mol. The van der Waals surface area contributed by atoms with E-state index in [-0.39, 0.29) is 6.10 Å². The Morgan fingerprint density at radius 2 is 2.25 bits per heavy atom. The van der Waals surface area contributed by atoms with Crippen LogP contribution in [0.2, 0.25) is 0 Å². The average molecular weight is 351 g/mol. The van der Waals surface area contributed by atoms with Gasteiger partial charge in [0.25, 0.3) is 0 Å². The molecule has 0 bridgehead atoms. The highest BCUT2D eigenvalue weighted by Gasteiger charge is 2.27. The van der Waals surface area contributed by atoms with Crippen molar-refractivity contribution in [2.24, 2.45) is 0 Å². The van der Waals surface area contributed by atoms with Gasteiger partial charge in [-0.25, -0.2) is 0 Å². The molecule has 0 unspecified atom stereocenters. The van der Waals surface area contributed by atoms with Crippen LogP contribution in [0.25, 0.3) is 0 Å². The van der Waals surface area contributed by atoms with E-state index in [1.54, 1.807) is 0 Å². The quantitative estimate of drug-likeness (QED) is 0.851. The minimum atomic E-state index is 0.128. The smallest absolute Gasteiger partial charge is 0.219 e. The van der Waals surface area contributed by atoms with Crippen LogP contribution in [0.4, 0.5) is 5.13 Å².